The first-order chi connectivity index (χ1) is 8.28. The molecule has 1 fully saturated rings. The molecule has 1 saturated heterocycles. The molecule has 1 unspecified atom stereocenters. The molecule has 1 atom stereocenters. The Morgan fingerprint density at radius 3 is 3.12 bits per heavy atom. The summed E-state index contributed by atoms with van der Waals surface area (Å²) in [5.74, 6) is 1.44. The molecule has 0 aromatic carbocycles. The minimum Gasteiger partial charge on any atom is -0.303 e. The van der Waals surface area contributed by atoms with Gasteiger partial charge in [0.2, 0.25) is 0 Å². The van der Waals surface area contributed by atoms with E-state index >= 15 is 0 Å². The Labute approximate surface area is 113 Å². The molecule has 0 aliphatic carbocycles. The van der Waals surface area contributed by atoms with Gasteiger partial charge in [0, 0.05) is 18.3 Å². The van der Waals surface area contributed by atoms with Gasteiger partial charge in [-0.15, -0.1) is 22.9 Å². The Balaban J connectivity index is 1.77. The van der Waals surface area contributed by atoms with Crippen LogP contribution in [0.3, 0.4) is 0 Å². The van der Waals surface area contributed by atoms with Crippen LogP contribution in [0.4, 0.5) is 0 Å². The quantitative estimate of drug-likeness (QED) is 0.780. The molecule has 2 heterocycles. The minimum absolute atomic E-state index is 0.539. The Morgan fingerprint density at radius 2 is 2.35 bits per heavy atom. The lowest BCUT2D eigenvalue weighted by atomic mass is 10.0. The van der Waals surface area contributed by atoms with Crippen molar-refractivity contribution in [1.29, 1.82) is 0 Å². The van der Waals surface area contributed by atoms with E-state index in [9.17, 15) is 0 Å². The number of hydrogen-bond acceptors (Lipinski definition) is 3. The van der Waals surface area contributed by atoms with Crippen molar-refractivity contribution >= 4 is 22.9 Å². The number of rotatable bonds is 4. The maximum absolute atomic E-state index is 5.76. The van der Waals surface area contributed by atoms with Crippen molar-refractivity contribution in [2.45, 2.75) is 38.5 Å². The average molecular weight is 273 g/mol. The summed E-state index contributed by atoms with van der Waals surface area (Å²) in [6.07, 6.45) is 5.18. The van der Waals surface area contributed by atoms with Crippen molar-refractivity contribution in [2.75, 3.05) is 19.6 Å². The van der Waals surface area contributed by atoms with Gasteiger partial charge < -0.3 is 4.90 Å². The van der Waals surface area contributed by atoms with Gasteiger partial charge in [0.15, 0.2) is 0 Å². The number of likely N-dealkylation sites (tertiary alicyclic amines) is 1. The highest BCUT2D eigenvalue weighted by Gasteiger charge is 2.13. The third kappa shape index (κ3) is 4.23. The second-order valence-electron chi connectivity index (χ2n) is 4.99. The number of aromatic nitrogens is 1. The Kier molecular flexibility index (Phi) is 5.26. The molecule has 1 aromatic heterocycles. The molecule has 4 heteroatoms. The lowest BCUT2D eigenvalue weighted by Crippen LogP contribution is -2.27. The van der Waals surface area contributed by atoms with Crippen LogP contribution in [0.5, 0.6) is 0 Å². The van der Waals surface area contributed by atoms with Crippen LogP contribution in [0.2, 0.25) is 0 Å². The largest absolute Gasteiger partial charge is 0.303 e. The molecule has 1 aromatic rings. The molecular weight excluding hydrogens is 252 g/mol. The van der Waals surface area contributed by atoms with E-state index < -0.39 is 0 Å². The molecule has 0 saturated carbocycles. The van der Waals surface area contributed by atoms with E-state index in [0.717, 1.165) is 24.6 Å². The second kappa shape index (κ2) is 6.72. The first-order valence-electron chi connectivity index (χ1n) is 6.49. The Hall–Kier alpha value is -0.120. The lowest BCUT2D eigenvalue weighted by Gasteiger charge is -2.18. The molecule has 0 N–H and O–H groups in total. The summed E-state index contributed by atoms with van der Waals surface area (Å²) >= 11 is 7.51. The zero-order valence-corrected chi connectivity index (χ0v) is 12.1. The van der Waals surface area contributed by atoms with Crippen molar-refractivity contribution in [3.8, 4) is 0 Å². The normalized spacial score (nSPS) is 22.6. The van der Waals surface area contributed by atoms with Gasteiger partial charge in [-0.25, -0.2) is 4.98 Å². The Morgan fingerprint density at radius 1 is 1.47 bits per heavy atom. The van der Waals surface area contributed by atoms with Crippen LogP contribution >= 0.6 is 22.9 Å². The van der Waals surface area contributed by atoms with Gasteiger partial charge in [0.05, 0.1) is 16.6 Å². The van der Waals surface area contributed by atoms with Gasteiger partial charge in [0.25, 0.3) is 0 Å². The van der Waals surface area contributed by atoms with E-state index in [4.69, 9.17) is 11.6 Å². The third-order valence-electron chi connectivity index (χ3n) is 3.49. The highest BCUT2D eigenvalue weighted by atomic mass is 35.5. The summed E-state index contributed by atoms with van der Waals surface area (Å²) in [4.78, 5) is 7.10. The SMILES string of the molecule is CC1CCCN(CCc2nc(CCl)cs2)CC1. The van der Waals surface area contributed by atoms with Crippen molar-refractivity contribution < 1.29 is 0 Å². The van der Waals surface area contributed by atoms with E-state index in [1.165, 1.54) is 37.4 Å². The predicted molar refractivity (Wildman–Crippen MR) is 74.8 cm³/mol. The predicted octanol–water partition coefficient (Wildman–Crippen LogP) is 3.55. The van der Waals surface area contributed by atoms with E-state index in [1.807, 2.05) is 0 Å². The maximum atomic E-state index is 5.76. The molecule has 0 radical (unpaired) electrons. The highest BCUT2D eigenvalue weighted by molar-refractivity contribution is 7.09. The topological polar surface area (TPSA) is 16.1 Å². The van der Waals surface area contributed by atoms with Gasteiger partial charge in [0.1, 0.15) is 0 Å². The molecule has 2 rings (SSSR count). The van der Waals surface area contributed by atoms with E-state index in [-0.39, 0.29) is 0 Å². The molecule has 17 heavy (non-hydrogen) atoms. The molecule has 96 valence electrons. The summed E-state index contributed by atoms with van der Waals surface area (Å²) in [6, 6.07) is 0. The number of hydrogen-bond donors (Lipinski definition) is 0. The highest BCUT2D eigenvalue weighted by Crippen LogP contribution is 2.17. The smallest absolute Gasteiger partial charge is 0.0941 e. The van der Waals surface area contributed by atoms with E-state index in [2.05, 4.69) is 22.2 Å². The number of nitrogens with zero attached hydrogens (tertiary/aromatic N) is 2. The zero-order chi connectivity index (χ0) is 12.1. The summed E-state index contributed by atoms with van der Waals surface area (Å²) in [6.45, 7) is 6.05. The zero-order valence-electron chi connectivity index (χ0n) is 10.5. The van der Waals surface area contributed by atoms with Gasteiger partial charge in [-0.05, 0) is 38.3 Å². The molecule has 0 spiro atoms. The number of halogens is 1. The second-order valence-corrected chi connectivity index (χ2v) is 6.20. The van der Waals surface area contributed by atoms with Crippen LogP contribution in [0.25, 0.3) is 0 Å². The molecule has 0 amide bonds. The van der Waals surface area contributed by atoms with Crippen LogP contribution < -0.4 is 0 Å². The summed E-state index contributed by atoms with van der Waals surface area (Å²) in [5, 5.41) is 3.31. The lowest BCUT2D eigenvalue weighted by molar-refractivity contribution is 0.285. The molecule has 2 nitrogen and oxygen atoms in total. The fraction of sp³-hybridized carbons (Fsp3) is 0.769. The van der Waals surface area contributed by atoms with Crippen molar-refractivity contribution in [1.82, 2.24) is 9.88 Å². The fourth-order valence-electron chi connectivity index (χ4n) is 2.32. The maximum Gasteiger partial charge on any atom is 0.0941 e. The fourth-order valence-corrected chi connectivity index (χ4v) is 3.34. The standard InChI is InChI=1S/C13H21ClN2S/c1-11-3-2-6-16(7-4-11)8-5-13-15-12(9-14)10-17-13/h10-11H,2-9H2,1H3. The Bertz CT molecular complexity index is 340. The first-order valence-corrected chi connectivity index (χ1v) is 7.91. The molecular formula is C13H21ClN2S. The van der Waals surface area contributed by atoms with Crippen molar-refractivity contribution in [3.63, 3.8) is 0 Å². The van der Waals surface area contributed by atoms with Gasteiger partial charge in [-0.1, -0.05) is 6.92 Å². The van der Waals surface area contributed by atoms with Gasteiger partial charge in [-0.3, -0.25) is 0 Å². The summed E-state index contributed by atoms with van der Waals surface area (Å²) < 4.78 is 0. The number of alkyl halides is 1. The van der Waals surface area contributed by atoms with Crippen molar-refractivity contribution in [3.05, 3.63) is 16.1 Å². The average Bonchev–Trinajstić information content (AvgIpc) is 2.70. The first kappa shape index (κ1) is 13.3. The monoisotopic (exact) mass is 272 g/mol. The van der Waals surface area contributed by atoms with Crippen LogP contribution in [0.15, 0.2) is 5.38 Å². The molecule has 0 bridgehead atoms. The summed E-state index contributed by atoms with van der Waals surface area (Å²) in [7, 11) is 0. The molecule has 1 aliphatic rings. The minimum atomic E-state index is 0.539. The van der Waals surface area contributed by atoms with Crippen LogP contribution in [-0.2, 0) is 12.3 Å². The van der Waals surface area contributed by atoms with E-state index in [0.29, 0.717) is 5.88 Å². The van der Waals surface area contributed by atoms with Crippen LogP contribution in [0.1, 0.15) is 36.9 Å². The van der Waals surface area contributed by atoms with E-state index in [1.54, 1.807) is 11.3 Å². The van der Waals surface area contributed by atoms with Gasteiger partial charge in [-0.2, -0.15) is 0 Å². The molecule has 1 aliphatic heterocycles. The third-order valence-corrected chi connectivity index (χ3v) is 4.72. The van der Waals surface area contributed by atoms with Crippen molar-refractivity contribution in [2.24, 2.45) is 5.92 Å². The van der Waals surface area contributed by atoms with Gasteiger partial charge >= 0.3 is 0 Å². The number of thiazole rings is 1. The van der Waals surface area contributed by atoms with Crippen LogP contribution in [0, 0.1) is 5.92 Å². The summed E-state index contributed by atoms with van der Waals surface area (Å²) in [5.41, 5.74) is 1.02. The van der Waals surface area contributed by atoms with Crippen LogP contribution in [-0.4, -0.2) is 29.5 Å².